The van der Waals surface area contributed by atoms with Gasteiger partial charge in [0.05, 0.1) is 0 Å². The van der Waals surface area contributed by atoms with Crippen molar-refractivity contribution in [1.29, 1.82) is 0 Å². The highest BCUT2D eigenvalue weighted by Gasteiger charge is 2.21. The van der Waals surface area contributed by atoms with Gasteiger partial charge in [-0.3, -0.25) is 0 Å². The second kappa shape index (κ2) is 6.83. The van der Waals surface area contributed by atoms with E-state index in [9.17, 15) is 13.9 Å². The molecule has 1 fully saturated rings. The minimum atomic E-state index is -1.19. The first-order valence-corrected chi connectivity index (χ1v) is 8.52. The number of hydrogen-bond donors (Lipinski definition) is 1. The molecule has 0 bridgehead atoms. The molecule has 4 heteroatoms. The van der Waals surface area contributed by atoms with Gasteiger partial charge in [-0.05, 0) is 61.1 Å². The summed E-state index contributed by atoms with van der Waals surface area (Å²) < 4.78 is 29.2. The molecular weight excluding hydrogens is 362 g/mol. The second-order valence-electron chi connectivity index (χ2n) is 5.81. The summed E-state index contributed by atoms with van der Waals surface area (Å²) in [5, 5.41) is 9.39. The number of aromatic hydroxyl groups is 1. The van der Waals surface area contributed by atoms with Gasteiger partial charge in [-0.1, -0.05) is 40.1 Å². The molecule has 0 spiro atoms. The van der Waals surface area contributed by atoms with Crippen LogP contribution in [0.3, 0.4) is 0 Å². The van der Waals surface area contributed by atoms with Crippen molar-refractivity contribution < 1.29 is 13.9 Å². The number of halogens is 3. The van der Waals surface area contributed by atoms with Crippen LogP contribution < -0.4 is 0 Å². The Balaban J connectivity index is 2.20. The summed E-state index contributed by atoms with van der Waals surface area (Å²) in [4.78, 5) is 0. The van der Waals surface area contributed by atoms with Gasteiger partial charge < -0.3 is 5.11 Å². The molecule has 1 saturated carbocycles. The summed E-state index contributed by atoms with van der Waals surface area (Å²) in [5.41, 5.74) is 3.00. The van der Waals surface area contributed by atoms with Crippen LogP contribution in [-0.2, 0) is 0 Å². The Morgan fingerprint density at radius 3 is 2.17 bits per heavy atom. The first-order valence-electron chi connectivity index (χ1n) is 7.73. The smallest absolute Gasteiger partial charge is 0.200 e. The molecule has 3 rings (SSSR count). The second-order valence-corrected chi connectivity index (χ2v) is 6.72. The van der Waals surface area contributed by atoms with Crippen LogP contribution in [0.4, 0.5) is 8.78 Å². The highest BCUT2D eigenvalue weighted by Crippen LogP contribution is 2.37. The molecule has 0 aliphatic heterocycles. The van der Waals surface area contributed by atoms with E-state index in [1.54, 1.807) is 0 Å². The van der Waals surface area contributed by atoms with Gasteiger partial charge >= 0.3 is 0 Å². The molecule has 2 aromatic rings. The highest BCUT2D eigenvalue weighted by atomic mass is 79.9. The Morgan fingerprint density at radius 2 is 1.52 bits per heavy atom. The summed E-state index contributed by atoms with van der Waals surface area (Å²) in [6.45, 7) is 0. The first-order chi connectivity index (χ1) is 11.1. The Bertz CT molecular complexity index is 743. The molecule has 2 aromatic carbocycles. The lowest BCUT2D eigenvalue weighted by Crippen LogP contribution is -2.03. The van der Waals surface area contributed by atoms with Gasteiger partial charge in [-0.2, -0.15) is 4.39 Å². The number of phenolic OH excluding ortho intramolecular Hbond substituents is 1. The van der Waals surface area contributed by atoms with Gasteiger partial charge in [0.2, 0.25) is 5.82 Å². The summed E-state index contributed by atoms with van der Waals surface area (Å²) in [7, 11) is 0. The standard InChI is InChI=1S/C19H17BrF2O/c20-14-8-6-13(7-9-14)17(12-4-2-1-3-5-12)15-10-11-16(23)19(22)18(15)21/h6-11,23H,1-5H2. The van der Waals surface area contributed by atoms with Crippen molar-refractivity contribution in [2.45, 2.75) is 32.1 Å². The third-order valence-electron chi connectivity index (χ3n) is 4.27. The van der Waals surface area contributed by atoms with Crippen molar-refractivity contribution in [1.82, 2.24) is 0 Å². The monoisotopic (exact) mass is 378 g/mol. The lowest BCUT2D eigenvalue weighted by molar-refractivity contribution is 0.406. The summed E-state index contributed by atoms with van der Waals surface area (Å²) >= 11 is 3.40. The van der Waals surface area contributed by atoms with Gasteiger partial charge in [0.25, 0.3) is 0 Å². The molecule has 0 atom stereocenters. The van der Waals surface area contributed by atoms with Crippen molar-refractivity contribution in [3.63, 3.8) is 0 Å². The fourth-order valence-corrected chi connectivity index (χ4v) is 3.39. The average molecular weight is 379 g/mol. The summed E-state index contributed by atoms with van der Waals surface area (Å²) in [6, 6.07) is 10.3. The van der Waals surface area contributed by atoms with Gasteiger partial charge in [-0.15, -0.1) is 0 Å². The predicted octanol–water partition coefficient (Wildman–Crippen LogP) is 6.20. The fraction of sp³-hybridized carbons (Fsp3) is 0.263. The molecule has 1 nitrogen and oxygen atoms in total. The highest BCUT2D eigenvalue weighted by molar-refractivity contribution is 9.10. The van der Waals surface area contributed by atoms with E-state index in [2.05, 4.69) is 15.9 Å². The third-order valence-corrected chi connectivity index (χ3v) is 4.80. The van der Waals surface area contributed by atoms with E-state index in [0.717, 1.165) is 46.9 Å². The van der Waals surface area contributed by atoms with E-state index in [1.165, 1.54) is 18.6 Å². The summed E-state index contributed by atoms with van der Waals surface area (Å²) in [6.07, 6.45) is 5.10. The molecule has 0 heterocycles. The molecule has 0 aromatic heterocycles. The Labute approximate surface area is 142 Å². The Hall–Kier alpha value is -1.68. The van der Waals surface area contributed by atoms with Gasteiger partial charge in [-0.25, -0.2) is 4.39 Å². The van der Waals surface area contributed by atoms with Crippen LogP contribution in [0.15, 0.2) is 46.4 Å². The zero-order valence-electron chi connectivity index (χ0n) is 12.6. The van der Waals surface area contributed by atoms with Crippen molar-refractivity contribution in [3.8, 4) is 5.75 Å². The predicted molar refractivity (Wildman–Crippen MR) is 91.3 cm³/mol. The summed E-state index contributed by atoms with van der Waals surface area (Å²) in [5.74, 6) is -2.83. The van der Waals surface area contributed by atoms with E-state index < -0.39 is 17.4 Å². The quantitative estimate of drug-likeness (QED) is 0.659. The van der Waals surface area contributed by atoms with Crippen molar-refractivity contribution in [2.24, 2.45) is 0 Å². The number of hydrogen-bond acceptors (Lipinski definition) is 1. The lowest BCUT2D eigenvalue weighted by Gasteiger charge is -2.21. The van der Waals surface area contributed by atoms with Crippen LogP contribution >= 0.6 is 15.9 Å². The molecule has 0 amide bonds. The molecule has 0 saturated heterocycles. The zero-order valence-corrected chi connectivity index (χ0v) is 14.2. The topological polar surface area (TPSA) is 20.2 Å². The SMILES string of the molecule is Oc1ccc(C(=C2CCCCC2)c2ccc(Br)cc2)c(F)c1F. The van der Waals surface area contributed by atoms with Crippen LogP contribution in [0, 0.1) is 11.6 Å². The maximum absolute atomic E-state index is 14.5. The van der Waals surface area contributed by atoms with Crippen molar-refractivity contribution in [3.05, 3.63) is 69.2 Å². The number of benzene rings is 2. The van der Waals surface area contributed by atoms with Crippen molar-refractivity contribution in [2.75, 3.05) is 0 Å². The van der Waals surface area contributed by atoms with E-state index in [4.69, 9.17) is 0 Å². The number of rotatable bonds is 2. The van der Waals surface area contributed by atoms with Crippen LogP contribution in [0.5, 0.6) is 5.75 Å². The molecule has 1 aliphatic carbocycles. The Morgan fingerprint density at radius 1 is 0.870 bits per heavy atom. The number of allylic oxidation sites excluding steroid dienone is 1. The van der Waals surface area contributed by atoms with Crippen LogP contribution in [-0.4, -0.2) is 5.11 Å². The normalized spacial score (nSPS) is 14.8. The fourth-order valence-electron chi connectivity index (χ4n) is 3.13. The minimum absolute atomic E-state index is 0.222. The molecule has 120 valence electrons. The van der Waals surface area contributed by atoms with E-state index in [-0.39, 0.29) is 5.56 Å². The molecule has 23 heavy (non-hydrogen) atoms. The lowest BCUT2D eigenvalue weighted by atomic mass is 9.85. The van der Waals surface area contributed by atoms with E-state index in [0.29, 0.717) is 0 Å². The molecule has 1 N–H and O–H groups in total. The number of phenols is 1. The van der Waals surface area contributed by atoms with Crippen molar-refractivity contribution >= 4 is 21.5 Å². The maximum Gasteiger partial charge on any atom is 0.200 e. The zero-order chi connectivity index (χ0) is 16.4. The first kappa shape index (κ1) is 16.2. The average Bonchev–Trinajstić information content (AvgIpc) is 2.58. The minimum Gasteiger partial charge on any atom is -0.505 e. The van der Waals surface area contributed by atoms with Gasteiger partial charge in [0, 0.05) is 10.0 Å². The van der Waals surface area contributed by atoms with Gasteiger partial charge in [0.15, 0.2) is 11.6 Å². The maximum atomic E-state index is 14.5. The van der Waals surface area contributed by atoms with Crippen LogP contribution in [0.2, 0.25) is 0 Å². The molecule has 0 radical (unpaired) electrons. The third kappa shape index (κ3) is 3.32. The Kier molecular flexibility index (Phi) is 4.81. The molecule has 1 aliphatic rings. The van der Waals surface area contributed by atoms with Crippen LogP contribution in [0.1, 0.15) is 43.2 Å². The van der Waals surface area contributed by atoms with E-state index in [1.807, 2.05) is 24.3 Å². The van der Waals surface area contributed by atoms with Crippen LogP contribution in [0.25, 0.3) is 5.57 Å². The molecular formula is C19H17BrF2O. The van der Waals surface area contributed by atoms with E-state index >= 15 is 0 Å². The van der Waals surface area contributed by atoms with Gasteiger partial charge in [0.1, 0.15) is 0 Å². The largest absolute Gasteiger partial charge is 0.505 e. The molecule has 0 unspecified atom stereocenters.